The third-order valence-corrected chi connectivity index (χ3v) is 3.17. The molecule has 122 valence electrons. The van der Waals surface area contributed by atoms with Crippen molar-refractivity contribution in [1.29, 1.82) is 0 Å². The molecule has 0 spiro atoms. The van der Waals surface area contributed by atoms with Crippen LogP contribution in [0.25, 0.3) is 5.82 Å². The van der Waals surface area contributed by atoms with E-state index in [4.69, 9.17) is 5.73 Å². The third-order valence-electron chi connectivity index (χ3n) is 3.17. The maximum absolute atomic E-state index is 13.2. The normalized spacial score (nSPS) is 14.6. The molecule has 0 bridgehead atoms. The Morgan fingerprint density at radius 1 is 1.12 bits per heavy atom. The van der Waals surface area contributed by atoms with Crippen LogP contribution in [-0.4, -0.2) is 26.0 Å². The van der Waals surface area contributed by atoms with E-state index in [0.29, 0.717) is 5.82 Å². The van der Waals surface area contributed by atoms with Crippen molar-refractivity contribution >= 4 is 17.6 Å². The van der Waals surface area contributed by atoms with Crippen LogP contribution in [0.1, 0.15) is 0 Å². The molecule has 8 nitrogen and oxygen atoms in total. The highest BCUT2D eigenvalue weighted by Gasteiger charge is 2.44. The quantitative estimate of drug-likeness (QED) is 0.759. The highest BCUT2D eigenvalue weighted by Crippen LogP contribution is 2.46. The van der Waals surface area contributed by atoms with Gasteiger partial charge in [0.05, 0.1) is 5.69 Å². The summed E-state index contributed by atoms with van der Waals surface area (Å²) in [7, 11) is 0. The van der Waals surface area contributed by atoms with Gasteiger partial charge in [-0.15, -0.1) is 13.9 Å². The zero-order valence-electron chi connectivity index (χ0n) is 12.0. The van der Waals surface area contributed by atoms with Crippen molar-refractivity contribution in [2.75, 3.05) is 11.1 Å². The fraction of sp³-hybridized carbons (Fsp3) is 0.0714. The first kappa shape index (κ1) is 14.2. The summed E-state index contributed by atoms with van der Waals surface area (Å²) in [6, 6.07) is 9.66. The molecule has 0 unspecified atom stereocenters. The lowest BCUT2D eigenvalue weighted by Crippen LogP contribution is -2.26. The van der Waals surface area contributed by atoms with Gasteiger partial charge in [0.15, 0.2) is 17.3 Å². The van der Waals surface area contributed by atoms with Crippen LogP contribution in [0.15, 0.2) is 42.6 Å². The van der Waals surface area contributed by atoms with E-state index in [9.17, 15) is 8.78 Å². The van der Waals surface area contributed by atoms with Crippen molar-refractivity contribution in [2.24, 2.45) is 0 Å². The second kappa shape index (κ2) is 5.05. The summed E-state index contributed by atoms with van der Waals surface area (Å²) in [6.07, 6.45) is -2.12. The SMILES string of the molecule is Nc1nc(Nc2cccc3c2OC(F)(F)O3)nn1-c1ccccn1. The Morgan fingerprint density at radius 2 is 2.00 bits per heavy atom. The zero-order valence-corrected chi connectivity index (χ0v) is 12.0. The van der Waals surface area contributed by atoms with Gasteiger partial charge in [-0.2, -0.15) is 9.67 Å². The molecular weight excluding hydrogens is 322 g/mol. The Labute approximate surface area is 133 Å². The third kappa shape index (κ3) is 2.43. The summed E-state index contributed by atoms with van der Waals surface area (Å²) in [6.45, 7) is 0. The molecule has 1 aromatic carbocycles. The van der Waals surface area contributed by atoms with Gasteiger partial charge < -0.3 is 20.5 Å². The number of rotatable bonds is 3. The molecule has 2 aromatic heterocycles. The van der Waals surface area contributed by atoms with Gasteiger partial charge in [-0.25, -0.2) is 4.98 Å². The highest BCUT2D eigenvalue weighted by molar-refractivity contribution is 5.68. The van der Waals surface area contributed by atoms with Crippen LogP contribution in [0.2, 0.25) is 0 Å². The number of halogens is 2. The van der Waals surface area contributed by atoms with Gasteiger partial charge in [0.1, 0.15) is 0 Å². The average molecular weight is 332 g/mol. The molecular formula is C14H10F2N6O2. The van der Waals surface area contributed by atoms with Gasteiger partial charge in [0.25, 0.3) is 0 Å². The molecule has 0 saturated carbocycles. The second-order valence-electron chi connectivity index (χ2n) is 4.82. The van der Waals surface area contributed by atoms with E-state index >= 15 is 0 Å². The van der Waals surface area contributed by atoms with Crippen LogP contribution in [-0.2, 0) is 0 Å². The number of nitrogens with two attached hydrogens (primary N) is 1. The van der Waals surface area contributed by atoms with Crippen molar-refractivity contribution < 1.29 is 18.3 Å². The van der Waals surface area contributed by atoms with Gasteiger partial charge in [-0.3, -0.25) is 0 Å². The van der Waals surface area contributed by atoms with E-state index in [1.165, 1.54) is 22.9 Å². The molecule has 10 heteroatoms. The van der Waals surface area contributed by atoms with Crippen LogP contribution in [0.5, 0.6) is 11.5 Å². The first-order valence-electron chi connectivity index (χ1n) is 6.82. The average Bonchev–Trinajstić information content (AvgIpc) is 3.07. The topological polar surface area (TPSA) is 100 Å². The molecule has 0 fully saturated rings. The number of para-hydroxylation sites is 1. The molecule has 0 aliphatic carbocycles. The van der Waals surface area contributed by atoms with Crippen molar-refractivity contribution in [2.45, 2.75) is 6.29 Å². The van der Waals surface area contributed by atoms with Crippen molar-refractivity contribution in [3.8, 4) is 17.3 Å². The number of nitrogens with zero attached hydrogens (tertiary/aromatic N) is 4. The number of alkyl halides is 2. The predicted molar refractivity (Wildman–Crippen MR) is 79.5 cm³/mol. The van der Waals surface area contributed by atoms with E-state index in [2.05, 4.69) is 29.9 Å². The van der Waals surface area contributed by atoms with Gasteiger partial charge in [-0.05, 0) is 24.3 Å². The van der Waals surface area contributed by atoms with Gasteiger partial charge in [0.2, 0.25) is 11.9 Å². The summed E-state index contributed by atoms with van der Waals surface area (Å²) < 4.78 is 36.6. The molecule has 3 heterocycles. The molecule has 4 rings (SSSR count). The summed E-state index contributed by atoms with van der Waals surface area (Å²) in [5, 5.41) is 6.94. The second-order valence-corrected chi connectivity index (χ2v) is 4.82. The molecule has 0 radical (unpaired) electrons. The summed E-state index contributed by atoms with van der Waals surface area (Å²) >= 11 is 0. The Kier molecular flexibility index (Phi) is 2.98. The van der Waals surface area contributed by atoms with Crippen molar-refractivity contribution in [1.82, 2.24) is 19.7 Å². The van der Waals surface area contributed by atoms with E-state index < -0.39 is 6.29 Å². The van der Waals surface area contributed by atoms with Gasteiger partial charge >= 0.3 is 6.29 Å². The van der Waals surface area contributed by atoms with E-state index in [-0.39, 0.29) is 29.1 Å². The maximum Gasteiger partial charge on any atom is 0.586 e. The van der Waals surface area contributed by atoms with E-state index in [0.717, 1.165) is 0 Å². The minimum atomic E-state index is -3.71. The van der Waals surface area contributed by atoms with Crippen LogP contribution < -0.4 is 20.5 Å². The number of nitrogen functional groups attached to an aromatic ring is 1. The highest BCUT2D eigenvalue weighted by atomic mass is 19.3. The minimum Gasteiger partial charge on any atom is -0.395 e. The molecule has 1 aliphatic heterocycles. The largest absolute Gasteiger partial charge is 0.586 e. The Morgan fingerprint density at radius 3 is 2.79 bits per heavy atom. The van der Waals surface area contributed by atoms with Crippen LogP contribution in [0.3, 0.4) is 0 Å². The molecule has 3 N–H and O–H groups in total. The van der Waals surface area contributed by atoms with E-state index in [1.807, 2.05) is 0 Å². The van der Waals surface area contributed by atoms with Crippen molar-refractivity contribution in [3.63, 3.8) is 0 Å². The van der Waals surface area contributed by atoms with Crippen molar-refractivity contribution in [3.05, 3.63) is 42.6 Å². The fourth-order valence-corrected chi connectivity index (χ4v) is 2.21. The fourth-order valence-electron chi connectivity index (χ4n) is 2.21. The summed E-state index contributed by atoms with van der Waals surface area (Å²) in [5.74, 6) is 0.453. The van der Waals surface area contributed by atoms with Crippen LogP contribution in [0.4, 0.5) is 26.4 Å². The Hall–Kier alpha value is -3.43. The number of nitrogens with one attached hydrogen (secondary N) is 1. The zero-order chi connectivity index (χ0) is 16.7. The number of benzene rings is 1. The summed E-state index contributed by atoms with van der Waals surface area (Å²) in [4.78, 5) is 8.15. The Balaban J connectivity index is 1.66. The standard InChI is InChI=1S/C14H10F2N6O2/c15-14(16)23-9-5-3-4-8(11(9)24-14)19-13-20-12(17)22(21-13)10-6-1-2-7-18-10/h1-7H,(H3,17,19,20,21). The lowest BCUT2D eigenvalue weighted by atomic mass is 10.3. The monoisotopic (exact) mass is 332 g/mol. The van der Waals surface area contributed by atoms with Gasteiger partial charge in [-0.1, -0.05) is 12.1 Å². The van der Waals surface area contributed by atoms with Crippen LogP contribution >= 0.6 is 0 Å². The first-order chi connectivity index (χ1) is 11.5. The smallest absolute Gasteiger partial charge is 0.395 e. The first-order valence-corrected chi connectivity index (χ1v) is 6.82. The Bertz CT molecular complexity index is 900. The number of pyridine rings is 1. The molecule has 0 atom stereocenters. The number of fused-ring (bicyclic) bond motifs is 1. The lowest BCUT2D eigenvalue weighted by Gasteiger charge is -2.07. The van der Waals surface area contributed by atoms with Crippen LogP contribution in [0, 0.1) is 0 Å². The molecule has 0 saturated heterocycles. The van der Waals surface area contributed by atoms with E-state index in [1.54, 1.807) is 24.4 Å². The minimum absolute atomic E-state index is 0.0814. The number of anilines is 3. The number of hydrogen-bond donors (Lipinski definition) is 2. The summed E-state index contributed by atoms with van der Waals surface area (Å²) in [5.41, 5.74) is 6.04. The lowest BCUT2D eigenvalue weighted by molar-refractivity contribution is -0.286. The number of aromatic nitrogens is 4. The number of ether oxygens (including phenoxy) is 2. The molecule has 1 aliphatic rings. The van der Waals surface area contributed by atoms with Gasteiger partial charge in [0, 0.05) is 6.20 Å². The predicted octanol–water partition coefficient (Wildman–Crippen LogP) is 2.31. The molecule has 24 heavy (non-hydrogen) atoms. The molecule has 0 amide bonds. The maximum atomic E-state index is 13.2. The molecule has 3 aromatic rings. The number of hydrogen-bond acceptors (Lipinski definition) is 7.